The molecule has 1 aromatic rings. The second-order valence-corrected chi connectivity index (χ2v) is 7.18. The molecule has 1 heterocycles. The molecule has 0 fully saturated rings. The number of ketones is 1. The Morgan fingerprint density at radius 1 is 1.26 bits per heavy atom. The van der Waals surface area contributed by atoms with E-state index in [0.29, 0.717) is 29.7 Å². The second-order valence-electron chi connectivity index (χ2n) is 7.18. The Hall–Kier alpha value is -2.83. The molecule has 7 heteroatoms. The molecule has 1 aliphatic heterocycles. The summed E-state index contributed by atoms with van der Waals surface area (Å²) in [4.78, 5) is 40.6. The monoisotopic (exact) mass is 370 g/mol. The van der Waals surface area contributed by atoms with Gasteiger partial charge in [-0.3, -0.25) is 24.7 Å². The van der Waals surface area contributed by atoms with Gasteiger partial charge in [0.05, 0.1) is 11.0 Å². The molecule has 2 atom stereocenters. The van der Waals surface area contributed by atoms with E-state index in [0.717, 1.165) is 12.1 Å². The third kappa shape index (κ3) is 3.67. The first-order valence-corrected chi connectivity index (χ1v) is 9.06. The van der Waals surface area contributed by atoms with Crippen molar-refractivity contribution in [2.24, 2.45) is 10.9 Å². The van der Waals surface area contributed by atoms with Gasteiger partial charge in [0.25, 0.3) is 5.69 Å². The van der Waals surface area contributed by atoms with Crippen molar-refractivity contribution < 1.29 is 19.2 Å². The van der Waals surface area contributed by atoms with Crippen molar-refractivity contribution in [3.8, 4) is 0 Å². The Labute approximate surface area is 157 Å². The molecule has 0 radical (unpaired) electrons. The van der Waals surface area contributed by atoms with Crippen molar-refractivity contribution in [1.29, 1.82) is 0 Å². The molecule has 7 nitrogen and oxygen atoms in total. The number of benzene rings is 1. The van der Waals surface area contributed by atoms with Gasteiger partial charge in [-0.15, -0.1) is 0 Å². The average molecular weight is 370 g/mol. The molecule has 1 aromatic carbocycles. The highest BCUT2D eigenvalue weighted by Crippen LogP contribution is 2.43. The lowest BCUT2D eigenvalue weighted by Gasteiger charge is -2.34. The number of esters is 1. The molecule has 1 unspecified atom stereocenters. The molecule has 142 valence electrons. The first-order chi connectivity index (χ1) is 12.8. The average Bonchev–Trinajstić information content (AvgIpc) is 2.60. The van der Waals surface area contributed by atoms with Crippen molar-refractivity contribution in [3.63, 3.8) is 0 Å². The van der Waals surface area contributed by atoms with Crippen LogP contribution in [0.3, 0.4) is 0 Å². The molecule has 27 heavy (non-hydrogen) atoms. The highest BCUT2D eigenvalue weighted by atomic mass is 16.6. The highest BCUT2D eigenvalue weighted by molar-refractivity contribution is 6.08. The molecule has 0 spiro atoms. The Balaban J connectivity index is 2.11. The number of nitro groups is 1. The number of nitro benzene ring substituents is 1. The van der Waals surface area contributed by atoms with Crippen LogP contribution in [0.5, 0.6) is 0 Å². The van der Waals surface area contributed by atoms with Crippen LogP contribution >= 0.6 is 0 Å². The highest BCUT2D eigenvalue weighted by Gasteiger charge is 2.43. The van der Waals surface area contributed by atoms with Crippen molar-refractivity contribution in [3.05, 3.63) is 51.2 Å². The van der Waals surface area contributed by atoms with E-state index in [2.05, 4.69) is 4.99 Å². The second kappa shape index (κ2) is 7.42. The molecule has 0 N–H and O–H groups in total. The van der Waals surface area contributed by atoms with Gasteiger partial charge in [-0.2, -0.15) is 0 Å². The maximum Gasteiger partial charge on any atom is 0.315 e. The van der Waals surface area contributed by atoms with E-state index in [1.807, 2.05) is 0 Å². The fourth-order valence-corrected chi connectivity index (χ4v) is 3.78. The Bertz CT molecular complexity index is 852. The van der Waals surface area contributed by atoms with Crippen LogP contribution < -0.4 is 0 Å². The van der Waals surface area contributed by atoms with E-state index < -0.39 is 22.7 Å². The van der Waals surface area contributed by atoms with Crippen molar-refractivity contribution >= 4 is 23.2 Å². The zero-order valence-corrected chi connectivity index (χ0v) is 15.6. The topological polar surface area (TPSA) is 98.9 Å². The van der Waals surface area contributed by atoms with Crippen molar-refractivity contribution in [2.75, 3.05) is 0 Å². The number of aliphatic imine (C=N–C) groups is 1. The number of nitrogens with zero attached hydrogens (tertiary/aromatic N) is 2. The number of non-ortho nitro benzene ring substituents is 1. The van der Waals surface area contributed by atoms with Gasteiger partial charge in [-0.25, -0.2) is 0 Å². The van der Waals surface area contributed by atoms with E-state index in [9.17, 15) is 19.7 Å². The Morgan fingerprint density at radius 3 is 2.52 bits per heavy atom. The lowest BCUT2D eigenvalue weighted by molar-refractivity contribution is -0.384. The lowest BCUT2D eigenvalue weighted by atomic mass is 9.72. The zero-order chi connectivity index (χ0) is 19.7. The fourth-order valence-electron chi connectivity index (χ4n) is 3.78. The number of carbonyl (C=O) groups is 2. The predicted octanol–water partition coefficient (Wildman–Crippen LogP) is 3.73. The summed E-state index contributed by atoms with van der Waals surface area (Å²) in [7, 11) is 0. The van der Waals surface area contributed by atoms with Crippen LogP contribution in [-0.4, -0.2) is 28.5 Å². The lowest BCUT2D eigenvalue weighted by Crippen LogP contribution is -2.38. The van der Waals surface area contributed by atoms with Crippen molar-refractivity contribution in [1.82, 2.24) is 0 Å². The smallest absolute Gasteiger partial charge is 0.315 e. The molecule has 2 aliphatic rings. The summed E-state index contributed by atoms with van der Waals surface area (Å²) in [6.45, 7) is 5.31. The number of rotatable bonds is 4. The minimum absolute atomic E-state index is 0.0156. The Morgan fingerprint density at radius 2 is 1.93 bits per heavy atom. The summed E-state index contributed by atoms with van der Waals surface area (Å²) in [5, 5.41) is 11.0. The van der Waals surface area contributed by atoms with E-state index in [4.69, 9.17) is 4.74 Å². The minimum Gasteiger partial charge on any atom is -0.462 e. The summed E-state index contributed by atoms with van der Waals surface area (Å²) in [6, 6.07) is 6.02. The van der Waals surface area contributed by atoms with Gasteiger partial charge >= 0.3 is 5.97 Å². The normalized spacial score (nSPS) is 22.4. The third-order valence-electron chi connectivity index (χ3n) is 4.90. The van der Waals surface area contributed by atoms with Gasteiger partial charge in [0, 0.05) is 41.5 Å². The van der Waals surface area contributed by atoms with Gasteiger partial charge in [0.15, 0.2) is 5.78 Å². The maximum absolute atomic E-state index is 12.8. The number of hydrogen-bond donors (Lipinski definition) is 0. The summed E-state index contributed by atoms with van der Waals surface area (Å²) in [6.07, 6.45) is 1.55. The van der Waals surface area contributed by atoms with E-state index in [-0.39, 0.29) is 17.6 Å². The SMILES string of the molecule is CC1=NC2=C(C(=O)CCC2)[C@@H](c2ccc([N+](=O)[O-])cc2)C1C(=O)OC(C)C. The summed E-state index contributed by atoms with van der Waals surface area (Å²) in [5.74, 6) is -1.69. The van der Waals surface area contributed by atoms with Crippen LogP contribution in [0, 0.1) is 16.0 Å². The summed E-state index contributed by atoms with van der Waals surface area (Å²) < 4.78 is 5.43. The van der Waals surface area contributed by atoms with Gasteiger partial charge in [-0.1, -0.05) is 12.1 Å². The molecule has 3 rings (SSSR count). The van der Waals surface area contributed by atoms with Crippen LogP contribution in [0.25, 0.3) is 0 Å². The maximum atomic E-state index is 12.8. The first-order valence-electron chi connectivity index (χ1n) is 9.06. The van der Waals surface area contributed by atoms with Gasteiger partial charge in [0.1, 0.15) is 5.92 Å². The molecule has 0 amide bonds. The van der Waals surface area contributed by atoms with E-state index in [1.54, 1.807) is 32.9 Å². The molecule has 0 saturated carbocycles. The van der Waals surface area contributed by atoms with Crippen LogP contribution in [-0.2, 0) is 14.3 Å². The molecule has 0 bridgehead atoms. The molecule has 1 aliphatic carbocycles. The van der Waals surface area contributed by atoms with Gasteiger partial charge in [-0.05, 0) is 39.2 Å². The first kappa shape index (κ1) is 18.9. The minimum atomic E-state index is -0.713. The number of ether oxygens (including phenoxy) is 1. The largest absolute Gasteiger partial charge is 0.462 e. The van der Waals surface area contributed by atoms with Crippen molar-refractivity contribution in [2.45, 2.75) is 52.1 Å². The Kier molecular flexibility index (Phi) is 5.21. The number of hydrogen-bond acceptors (Lipinski definition) is 6. The quantitative estimate of drug-likeness (QED) is 0.457. The van der Waals surface area contributed by atoms with E-state index >= 15 is 0 Å². The predicted molar refractivity (Wildman–Crippen MR) is 99.5 cm³/mol. The molecule has 0 aromatic heterocycles. The summed E-state index contributed by atoms with van der Waals surface area (Å²) in [5.41, 5.74) is 2.53. The van der Waals surface area contributed by atoms with Crippen LogP contribution in [0.1, 0.15) is 51.5 Å². The standard InChI is InChI=1S/C20H22N2O5/c1-11(2)27-20(24)17-12(3)21-15-5-4-6-16(23)19(15)18(17)13-7-9-14(10-8-13)22(25)26/h7-11,17-18H,4-6H2,1-3H3/t17?,18-/m0/s1. The zero-order valence-electron chi connectivity index (χ0n) is 15.6. The fraction of sp³-hybridized carbons (Fsp3) is 0.450. The molecule has 0 saturated heterocycles. The van der Waals surface area contributed by atoms with Crippen LogP contribution in [0.4, 0.5) is 5.69 Å². The van der Waals surface area contributed by atoms with Gasteiger partial charge in [0.2, 0.25) is 0 Å². The van der Waals surface area contributed by atoms with E-state index in [1.165, 1.54) is 12.1 Å². The van der Waals surface area contributed by atoms with Gasteiger partial charge < -0.3 is 4.74 Å². The molecular weight excluding hydrogens is 348 g/mol. The van der Waals surface area contributed by atoms with Crippen LogP contribution in [0.15, 0.2) is 40.5 Å². The summed E-state index contributed by atoms with van der Waals surface area (Å²) >= 11 is 0. The molecular formula is C20H22N2O5. The number of allylic oxidation sites excluding steroid dienone is 2. The van der Waals surface area contributed by atoms with Crippen LogP contribution in [0.2, 0.25) is 0 Å². The number of carbonyl (C=O) groups excluding carboxylic acids is 2. The third-order valence-corrected chi connectivity index (χ3v) is 4.90. The number of Topliss-reactive ketones (excluding diaryl/α,β-unsaturated/α-hetero) is 1.